The van der Waals surface area contributed by atoms with Gasteiger partial charge in [-0.1, -0.05) is 6.07 Å². The minimum Gasteiger partial charge on any atom is -0.481 e. The molecular weight excluding hydrogens is 272 g/mol. The number of nitrogens with zero attached hydrogens (tertiary/aromatic N) is 1. The second kappa shape index (κ2) is 5.74. The topological polar surface area (TPSA) is 79.3 Å². The monoisotopic (exact) mass is 282 g/mol. The summed E-state index contributed by atoms with van der Waals surface area (Å²) in [6, 6.07) is 3.78. The summed E-state index contributed by atoms with van der Waals surface area (Å²) >= 11 is 2.75. The molecule has 0 aromatic carbocycles. The van der Waals surface area contributed by atoms with E-state index in [-0.39, 0.29) is 12.3 Å². The van der Waals surface area contributed by atoms with Gasteiger partial charge in [-0.3, -0.25) is 9.59 Å². The smallest absolute Gasteiger partial charge is 0.309 e. The summed E-state index contributed by atoms with van der Waals surface area (Å²) in [7, 11) is 0. The number of rotatable bonds is 5. The van der Waals surface area contributed by atoms with Gasteiger partial charge in [-0.2, -0.15) is 0 Å². The van der Waals surface area contributed by atoms with Gasteiger partial charge in [0.1, 0.15) is 0 Å². The third kappa shape index (κ3) is 3.64. The van der Waals surface area contributed by atoms with Crippen molar-refractivity contribution < 1.29 is 14.7 Å². The van der Waals surface area contributed by atoms with E-state index in [2.05, 4.69) is 10.3 Å². The summed E-state index contributed by atoms with van der Waals surface area (Å²) in [6.45, 7) is 0. The molecule has 1 amide bonds. The number of carbonyl (C=O) groups is 2. The van der Waals surface area contributed by atoms with Crippen molar-refractivity contribution in [1.82, 2.24) is 4.98 Å². The number of aliphatic carboxylic acids is 1. The highest BCUT2D eigenvalue weighted by Gasteiger charge is 2.09. The van der Waals surface area contributed by atoms with Crippen LogP contribution in [0.5, 0.6) is 0 Å². The first kappa shape index (κ1) is 12.7. The van der Waals surface area contributed by atoms with E-state index in [1.54, 1.807) is 5.38 Å². The van der Waals surface area contributed by atoms with Crippen molar-refractivity contribution in [2.45, 2.75) is 12.8 Å². The molecule has 2 rings (SSSR count). The van der Waals surface area contributed by atoms with Crippen LogP contribution in [0.25, 0.3) is 0 Å². The molecule has 5 nitrogen and oxygen atoms in total. The molecule has 0 atom stereocenters. The molecule has 0 fully saturated rings. The summed E-state index contributed by atoms with van der Waals surface area (Å²) in [5.74, 6) is -1.08. The maximum absolute atomic E-state index is 11.7. The van der Waals surface area contributed by atoms with E-state index in [0.717, 1.165) is 4.88 Å². The number of hydrogen-bond donors (Lipinski definition) is 2. The van der Waals surface area contributed by atoms with Gasteiger partial charge in [-0.15, -0.1) is 22.7 Å². The van der Waals surface area contributed by atoms with Crippen LogP contribution in [-0.2, 0) is 22.4 Å². The number of carboxylic acids is 1. The first-order valence-corrected chi connectivity index (χ1v) is 6.88. The standard InChI is InChI=1S/C11H10N2O3S2/c14-9(5-8-2-1-3-17-8)13-11-12-7(6-18-11)4-10(15)16/h1-3,6H,4-5H2,(H,15,16)(H,12,13,14). The highest BCUT2D eigenvalue weighted by Crippen LogP contribution is 2.17. The third-order valence-electron chi connectivity index (χ3n) is 2.05. The van der Waals surface area contributed by atoms with Crippen LogP contribution in [0, 0.1) is 0 Å². The second-order valence-corrected chi connectivity index (χ2v) is 5.41. The van der Waals surface area contributed by atoms with E-state index < -0.39 is 5.97 Å². The fourth-order valence-electron chi connectivity index (χ4n) is 1.34. The molecule has 2 aromatic heterocycles. The number of carboxylic acid groups (broad SMARTS) is 1. The van der Waals surface area contributed by atoms with E-state index in [4.69, 9.17) is 5.11 Å². The lowest BCUT2D eigenvalue weighted by Crippen LogP contribution is -2.13. The molecule has 18 heavy (non-hydrogen) atoms. The molecule has 2 heterocycles. The van der Waals surface area contributed by atoms with E-state index in [0.29, 0.717) is 17.2 Å². The summed E-state index contributed by atoms with van der Waals surface area (Å²) in [4.78, 5) is 27.2. The zero-order chi connectivity index (χ0) is 13.0. The summed E-state index contributed by atoms with van der Waals surface area (Å²) < 4.78 is 0. The molecule has 2 N–H and O–H groups in total. The Hall–Kier alpha value is -1.73. The number of carbonyl (C=O) groups excluding carboxylic acids is 1. The van der Waals surface area contributed by atoms with Gasteiger partial charge in [-0.25, -0.2) is 4.98 Å². The number of aromatic nitrogens is 1. The molecular formula is C11H10N2O3S2. The Labute approximate surface area is 111 Å². The summed E-state index contributed by atoms with van der Waals surface area (Å²) in [6.07, 6.45) is 0.183. The molecule has 0 aliphatic heterocycles. The van der Waals surface area contributed by atoms with E-state index in [1.807, 2.05) is 17.5 Å². The molecule has 0 saturated carbocycles. The van der Waals surface area contributed by atoms with Crippen molar-refractivity contribution in [3.8, 4) is 0 Å². The molecule has 7 heteroatoms. The predicted octanol–water partition coefficient (Wildman–Crippen LogP) is 2.01. The lowest BCUT2D eigenvalue weighted by atomic mass is 10.3. The van der Waals surface area contributed by atoms with E-state index in [9.17, 15) is 9.59 Å². The first-order valence-electron chi connectivity index (χ1n) is 5.12. The Balaban J connectivity index is 1.91. The summed E-state index contributed by atoms with van der Waals surface area (Å²) in [5.41, 5.74) is 0.457. The Morgan fingerprint density at radius 1 is 1.33 bits per heavy atom. The average Bonchev–Trinajstić information content (AvgIpc) is 2.89. The lowest BCUT2D eigenvalue weighted by Gasteiger charge is -1.99. The Bertz CT molecular complexity index is 548. The zero-order valence-corrected chi connectivity index (χ0v) is 10.9. The molecule has 2 aromatic rings. The largest absolute Gasteiger partial charge is 0.481 e. The van der Waals surface area contributed by atoms with E-state index in [1.165, 1.54) is 22.7 Å². The van der Waals surface area contributed by atoms with Crippen LogP contribution in [0.1, 0.15) is 10.6 Å². The Morgan fingerprint density at radius 3 is 2.83 bits per heavy atom. The van der Waals surface area contributed by atoms with Crippen molar-refractivity contribution in [2.75, 3.05) is 5.32 Å². The Kier molecular flexibility index (Phi) is 4.06. The van der Waals surface area contributed by atoms with Crippen LogP contribution >= 0.6 is 22.7 Å². The first-order chi connectivity index (χ1) is 8.63. The minimum atomic E-state index is -0.934. The van der Waals surface area contributed by atoms with Crippen molar-refractivity contribution in [2.24, 2.45) is 0 Å². The van der Waals surface area contributed by atoms with E-state index >= 15 is 0 Å². The fourth-order valence-corrected chi connectivity index (χ4v) is 2.77. The van der Waals surface area contributed by atoms with Crippen molar-refractivity contribution in [1.29, 1.82) is 0 Å². The van der Waals surface area contributed by atoms with Crippen LogP contribution < -0.4 is 5.32 Å². The van der Waals surface area contributed by atoms with Gasteiger partial charge < -0.3 is 10.4 Å². The number of anilines is 1. The van der Waals surface area contributed by atoms with Crippen LogP contribution in [-0.4, -0.2) is 22.0 Å². The molecule has 0 aliphatic carbocycles. The molecule has 0 radical (unpaired) electrons. The van der Waals surface area contributed by atoms with Gasteiger partial charge in [-0.05, 0) is 11.4 Å². The minimum absolute atomic E-state index is 0.128. The average molecular weight is 282 g/mol. The maximum atomic E-state index is 11.7. The highest BCUT2D eigenvalue weighted by molar-refractivity contribution is 7.14. The normalized spacial score (nSPS) is 10.2. The molecule has 0 bridgehead atoms. The molecule has 0 aliphatic rings. The fraction of sp³-hybridized carbons (Fsp3) is 0.182. The molecule has 0 unspecified atom stereocenters. The quantitative estimate of drug-likeness (QED) is 0.879. The number of thiophene rings is 1. The zero-order valence-electron chi connectivity index (χ0n) is 9.25. The van der Waals surface area contributed by atoms with Crippen molar-refractivity contribution >= 4 is 39.7 Å². The van der Waals surface area contributed by atoms with Gasteiger partial charge >= 0.3 is 5.97 Å². The van der Waals surface area contributed by atoms with Crippen LogP contribution in [0.3, 0.4) is 0 Å². The highest BCUT2D eigenvalue weighted by atomic mass is 32.1. The van der Waals surface area contributed by atoms with Crippen molar-refractivity contribution in [3.05, 3.63) is 33.5 Å². The second-order valence-electron chi connectivity index (χ2n) is 3.52. The van der Waals surface area contributed by atoms with Gasteiger partial charge in [0.25, 0.3) is 0 Å². The number of amides is 1. The summed E-state index contributed by atoms with van der Waals surface area (Å²) in [5, 5.41) is 15.2. The number of hydrogen-bond acceptors (Lipinski definition) is 5. The third-order valence-corrected chi connectivity index (χ3v) is 3.73. The molecule has 94 valence electrons. The predicted molar refractivity (Wildman–Crippen MR) is 70.1 cm³/mol. The van der Waals surface area contributed by atoms with Crippen LogP contribution in [0.4, 0.5) is 5.13 Å². The van der Waals surface area contributed by atoms with Gasteiger partial charge in [0.05, 0.1) is 18.5 Å². The number of nitrogens with one attached hydrogen (secondary N) is 1. The molecule has 0 saturated heterocycles. The molecule has 0 spiro atoms. The maximum Gasteiger partial charge on any atom is 0.309 e. The van der Waals surface area contributed by atoms with Crippen LogP contribution in [0.2, 0.25) is 0 Å². The lowest BCUT2D eigenvalue weighted by molar-refractivity contribution is -0.136. The van der Waals surface area contributed by atoms with Crippen LogP contribution in [0.15, 0.2) is 22.9 Å². The number of thiazole rings is 1. The van der Waals surface area contributed by atoms with Gasteiger partial charge in [0.15, 0.2) is 5.13 Å². The van der Waals surface area contributed by atoms with Crippen molar-refractivity contribution in [3.63, 3.8) is 0 Å². The Morgan fingerprint density at radius 2 is 2.17 bits per heavy atom. The van der Waals surface area contributed by atoms with Gasteiger partial charge in [0.2, 0.25) is 5.91 Å². The SMILES string of the molecule is O=C(O)Cc1csc(NC(=O)Cc2cccs2)n1. The van der Waals surface area contributed by atoms with Gasteiger partial charge in [0, 0.05) is 10.3 Å².